The molecule has 2 amide bonds. The van der Waals surface area contributed by atoms with Crippen molar-refractivity contribution in [1.29, 1.82) is 0 Å². The number of carbonyl (C=O) groups excluding carboxylic acids is 2. The Morgan fingerprint density at radius 1 is 1.00 bits per heavy atom. The number of fused-ring (bicyclic) bond motifs is 1. The number of aryl methyl sites for hydroxylation is 2. The molecule has 4 nitrogen and oxygen atoms in total. The molecule has 0 aliphatic carbocycles. The van der Waals surface area contributed by atoms with Crippen LogP contribution in [0.1, 0.15) is 32.6 Å². The average Bonchev–Trinajstić information content (AvgIpc) is 3.01. The summed E-state index contributed by atoms with van der Waals surface area (Å²) < 4.78 is 0. The quantitative estimate of drug-likeness (QED) is 0.702. The number of benzene rings is 2. The molecule has 5 heteroatoms. The van der Waals surface area contributed by atoms with Gasteiger partial charge in [-0.25, -0.2) is 0 Å². The van der Waals surface area contributed by atoms with Gasteiger partial charge in [-0.15, -0.1) is 11.3 Å². The lowest BCUT2D eigenvalue weighted by atomic mass is 10.0. The lowest BCUT2D eigenvalue weighted by molar-refractivity contribution is -0.121. The minimum atomic E-state index is -0.279. The van der Waals surface area contributed by atoms with Gasteiger partial charge in [0.1, 0.15) is 0 Å². The molecule has 128 valence electrons. The monoisotopic (exact) mass is 352 g/mol. The average molecular weight is 352 g/mol. The molecule has 0 radical (unpaired) electrons. The summed E-state index contributed by atoms with van der Waals surface area (Å²) in [4.78, 5) is 26.1. The van der Waals surface area contributed by atoms with Crippen LogP contribution in [0.4, 0.5) is 0 Å². The summed E-state index contributed by atoms with van der Waals surface area (Å²) in [7, 11) is 0. The number of amides is 2. The van der Waals surface area contributed by atoms with Crippen LogP contribution in [0.3, 0.4) is 0 Å². The molecule has 3 rings (SSSR count). The van der Waals surface area contributed by atoms with Gasteiger partial charge in [-0.05, 0) is 41.3 Å². The zero-order valence-corrected chi connectivity index (χ0v) is 15.1. The number of hydrazine groups is 1. The zero-order chi connectivity index (χ0) is 17.8. The van der Waals surface area contributed by atoms with E-state index in [1.807, 2.05) is 55.5 Å². The van der Waals surface area contributed by atoms with Crippen molar-refractivity contribution >= 4 is 33.9 Å². The number of carbonyl (C=O) groups is 2. The van der Waals surface area contributed by atoms with E-state index in [9.17, 15) is 9.59 Å². The van der Waals surface area contributed by atoms with Crippen molar-refractivity contribution < 1.29 is 9.59 Å². The first-order valence-corrected chi connectivity index (χ1v) is 9.05. The Labute approximate surface area is 150 Å². The number of thiophene rings is 1. The summed E-state index contributed by atoms with van der Waals surface area (Å²) in [6.45, 7) is 4.06. The molecule has 0 bridgehead atoms. The van der Waals surface area contributed by atoms with E-state index in [0.717, 1.165) is 33.2 Å². The molecule has 0 atom stereocenters. The molecule has 0 spiro atoms. The van der Waals surface area contributed by atoms with Gasteiger partial charge in [0.2, 0.25) is 5.91 Å². The zero-order valence-electron chi connectivity index (χ0n) is 14.3. The van der Waals surface area contributed by atoms with Crippen LogP contribution >= 0.6 is 11.3 Å². The number of rotatable bonds is 4. The Morgan fingerprint density at radius 3 is 2.52 bits per heavy atom. The maximum Gasteiger partial charge on any atom is 0.279 e. The Kier molecular flexibility index (Phi) is 5.14. The SMILES string of the molecule is CCc1cc(C(=O)NNC(=O)Cc2cccc3ccccc23)sc1C. The van der Waals surface area contributed by atoms with Gasteiger partial charge in [-0.3, -0.25) is 20.4 Å². The highest BCUT2D eigenvalue weighted by Gasteiger charge is 2.13. The fourth-order valence-electron chi connectivity index (χ4n) is 2.83. The van der Waals surface area contributed by atoms with Crippen LogP contribution in [0, 0.1) is 6.92 Å². The molecule has 25 heavy (non-hydrogen) atoms. The van der Waals surface area contributed by atoms with E-state index in [1.54, 1.807) is 0 Å². The number of hydrogen-bond acceptors (Lipinski definition) is 3. The molecule has 0 aliphatic heterocycles. The van der Waals surface area contributed by atoms with E-state index in [0.29, 0.717) is 4.88 Å². The van der Waals surface area contributed by atoms with Crippen molar-refractivity contribution in [3.63, 3.8) is 0 Å². The Hall–Kier alpha value is -2.66. The molecule has 1 aromatic heterocycles. The Bertz CT molecular complexity index is 925. The first-order chi connectivity index (χ1) is 12.1. The van der Waals surface area contributed by atoms with Crippen molar-refractivity contribution in [2.75, 3.05) is 0 Å². The molecular weight excluding hydrogens is 332 g/mol. The van der Waals surface area contributed by atoms with Gasteiger partial charge in [-0.1, -0.05) is 49.4 Å². The first-order valence-electron chi connectivity index (χ1n) is 8.23. The van der Waals surface area contributed by atoms with E-state index in [4.69, 9.17) is 0 Å². The summed E-state index contributed by atoms with van der Waals surface area (Å²) in [6, 6.07) is 15.7. The molecule has 0 saturated heterocycles. The predicted molar refractivity (Wildman–Crippen MR) is 102 cm³/mol. The van der Waals surface area contributed by atoms with Crippen LogP contribution in [0.15, 0.2) is 48.5 Å². The highest BCUT2D eigenvalue weighted by Crippen LogP contribution is 2.22. The fraction of sp³-hybridized carbons (Fsp3) is 0.200. The first kappa shape index (κ1) is 17.2. The van der Waals surface area contributed by atoms with Crippen LogP contribution in [0.2, 0.25) is 0 Å². The standard InChI is InChI=1S/C20H20N2O2S/c1-3-14-11-18(25-13(14)2)20(24)22-21-19(23)12-16-9-6-8-15-7-4-5-10-17(15)16/h4-11H,3,12H2,1-2H3,(H,21,23)(H,22,24). The van der Waals surface area contributed by atoms with Crippen molar-refractivity contribution in [1.82, 2.24) is 10.9 Å². The fourth-order valence-corrected chi connectivity index (χ4v) is 3.84. The highest BCUT2D eigenvalue weighted by atomic mass is 32.1. The van der Waals surface area contributed by atoms with Crippen LogP contribution in [0.5, 0.6) is 0 Å². The molecule has 0 saturated carbocycles. The summed E-state index contributed by atoms with van der Waals surface area (Å²) in [5.74, 6) is -0.521. The highest BCUT2D eigenvalue weighted by molar-refractivity contribution is 7.14. The topological polar surface area (TPSA) is 58.2 Å². The number of hydrogen-bond donors (Lipinski definition) is 2. The maximum atomic E-state index is 12.2. The Balaban J connectivity index is 1.63. The van der Waals surface area contributed by atoms with Gasteiger partial charge in [-0.2, -0.15) is 0 Å². The largest absolute Gasteiger partial charge is 0.279 e. The van der Waals surface area contributed by atoms with Crippen molar-refractivity contribution in [3.8, 4) is 0 Å². The molecule has 2 N–H and O–H groups in total. The van der Waals surface area contributed by atoms with E-state index in [2.05, 4.69) is 17.8 Å². The van der Waals surface area contributed by atoms with Gasteiger partial charge < -0.3 is 0 Å². The van der Waals surface area contributed by atoms with Gasteiger partial charge in [0, 0.05) is 4.88 Å². The minimum Gasteiger partial charge on any atom is -0.273 e. The number of nitrogens with one attached hydrogen (secondary N) is 2. The van der Waals surface area contributed by atoms with Crippen molar-refractivity contribution in [3.05, 3.63) is 69.4 Å². The van der Waals surface area contributed by atoms with Gasteiger partial charge >= 0.3 is 0 Å². The third-order valence-electron chi connectivity index (χ3n) is 4.17. The van der Waals surface area contributed by atoms with Crippen LogP contribution in [0.25, 0.3) is 10.8 Å². The summed E-state index contributed by atoms with van der Waals surface area (Å²) >= 11 is 1.44. The van der Waals surface area contributed by atoms with Crippen molar-refractivity contribution in [2.45, 2.75) is 26.7 Å². The third-order valence-corrected chi connectivity index (χ3v) is 5.26. The van der Waals surface area contributed by atoms with E-state index in [1.165, 1.54) is 11.3 Å². The van der Waals surface area contributed by atoms with E-state index in [-0.39, 0.29) is 18.2 Å². The Morgan fingerprint density at radius 2 is 1.76 bits per heavy atom. The van der Waals surface area contributed by atoms with Crippen molar-refractivity contribution in [2.24, 2.45) is 0 Å². The molecule has 0 aliphatic rings. The molecule has 2 aromatic carbocycles. The molecule has 0 unspecified atom stereocenters. The molecule has 3 aromatic rings. The summed E-state index contributed by atoms with van der Waals surface area (Å²) in [5, 5.41) is 2.14. The molecule has 0 fully saturated rings. The summed E-state index contributed by atoms with van der Waals surface area (Å²) in [6.07, 6.45) is 1.11. The van der Waals surface area contributed by atoms with E-state index < -0.39 is 0 Å². The summed E-state index contributed by atoms with van der Waals surface area (Å²) in [5.41, 5.74) is 7.11. The third kappa shape index (κ3) is 3.88. The van der Waals surface area contributed by atoms with E-state index >= 15 is 0 Å². The second-order valence-electron chi connectivity index (χ2n) is 5.86. The normalized spacial score (nSPS) is 10.6. The maximum absolute atomic E-state index is 12.2. The van der Waals surface area contributed by atoms with Crippen LogP contribution in [-0.2, 0) is 17.6 Å². The lowest BCUT2D eigenvalue weighted by Crippen LogP contribution is -2.42. The van der Waals surface area contributed by atoms with Gasteiger partial charge in [0.15, 0.2) is 0 Å². The van der Waals surface area contributed by atoms with Gasteiger partial charge in [0.05, 0.1) is 11.3 Å². The minimum absolute atomic E-state index is 0.214. The van der Waals surface area contributed by atoms with Gasteiger partial charge in [0.25, 0.3) is 5.91 Å². The second kappa shape index (κ2) is 7.49. The van der Waals surface area contributed by atoms with Crippen LogP contribution < -0.4 is 10.9 Å². The predicted octanol–water partition coefficient (Wildman–Crippen LogP) is 3.78. The molecular formula is C20H20N2O2S. The lowest BCUT2D eigenvalue weighted by Gasteiger charge is -2.08. The molecule has 1 heterocycles. The smallest absolute Gasteiger partial charge is 0.273 e. The second-order valence-corrected chi connectivity index (χ2v) is 7.12. The van der Waals surface area contributed by atoms with Crippen LogP contribution in [-0.4, -0.2) is 11.8 Å².